The Morgan fingerprint density at radius 1 is 0.958 bits per heavy atom. The van der Waals surface area contributed by atoms with Crippen molar-refractivity contribution in [1.82, 2.24) is 9.03 Å². The summed E-state index contributed by atoms with van der Waals surface area (Å²) in [6, 6.07) is 4.88. The summed E-state index contributed by atoms with van der Waals surface area (Å²) in [5, 5.41) is 0. The van der Waals surface area contributed by atoms with E-state index in [2.05, 4.69) is 4.72 Å². The monoisotopic (exact) mass is 374 g/mol. The highest BCUT2D eigenvalue weighted by molar-refractivity contribution is 7.90. The van der Waals surface area contributed by atoms with E-state index < -0.39 is 20.0 Å². The number of hydrogen-bond acceptors (Lipinski definition) is 4. The Bertz CT molecular complexity index is 765. The zero-order valence-electron chi connectivity index (χ0n) is 14.3. The van der Waals surface area contributed by atoms with E-state index in [0.717, 1.165) is 36.8 Å². The number of hydrogen-bond donors (Lipinski definition) is 1. The molecule has 6 nitrogen and oxygen atoms in total. The molecule has 2 rings (SSSR count). The van der Waals surface area contributed by atoms with Crippen LogP contribution < -0.4 is 4.72 Å². The lowest BCUT2D eigenvalue weighted by Gasteiger charge is -2.20. The Morgan fingerprint density at radius 3 is 2.17 bits per heavy atom. The van der Waals surface area contributed by atoms with E-state index >= 15 is 0 Å². The van der Waals surface area contributed by atoms with E-state index in [4.69, 9.17) is 0 Å². The van der Waals surface area contributed by atoms with Crippen molar-refractivity contribution in [3.05, 3.63) is 29.3 Å². The molecule has 1 aromatic rings. The minimum atomic E-state index is -3.69. The minimum Gasteiger partial charge on any atom is -0.212 e. The molecule has 1 heterocycles. The van der Waals surface area contributed by atoms with Crippen molar-refractivity contribution in [3.8, 4) is 0 Å². The van der Waals surface area contributed by atoms with E-state index in [1.165, 1.54) is 10.4 Å². The molecule has 0 aliphatic carbocycles. The third-order valence-electron chi connectivity index (χ3n) is 4.40. The SMILES string of the molecule is Cc1ccc(S(=O)(=O)NCCS(=O)(=O)N2CCCCCC2)cc1C. The molecule has 0 amide bonds. The number of rotatable bonds is 6. The van der Waals surface area contributed by atoms with Crippen LogP contribution in [0.4, 0.5) is 0 Å². The lowest BCUT2D eigenvalue weighted by Crippen LogP contribution is -2.38. The van der Waals surface area contributed by atoms with Crippen molar-refractivity contribution in [3.63, 3.8) is 0 Å². The molecule has 0 unspecified atom stereocenters. The molecule has 8 heteroatoms. The summed E-state index contributed by atoms with van der Waals surface area (Å²) >= 11 is 0. The van der Waals surface area contributed by atoms with E-state index in [9.17, 15) is 16.8 Å². The molecule has 0 spiro atoms. The Kier molecular flexibility index (Phi) is 6.41. The molecule has 0 radical (unpaired) electrons. The molecule has 1 N–H and O–H groups in total. The van der Waals surface area contributed by atoms with Crippen LogP contribution in [0.1, 0.15) is 36.8 Å². The minimum absolute atomic E-state index is 0.117. The van der Waals surface area contributed by atoms with Gasteiger partial charge < -0.3 is 0 Å². The van der Waals surface area contributed by atoms with Gasteiger partial charge in [-0.3, -0.25) is 0 Å². The predicted molar refractivity (Wildman–Crippen MR) is 94.9 cm³/mol. The summed E-state index contributed by atoms with van der Waals surface area (Å²) in [5.74, 6) is -0.211. The van der Waals surface area contributed by atoms with E-state index in [1.807, 2.05) is 13.8 Å². The second kappa shape index (κ2) is 7.95. The number of sulfonamides is 2. The molecule has 0 bridgehead atoms. The van der Waals surface area contributed by atoms with Crippen molar-refractivity contribution < 1.29 is 16.8 Å². The molecule has 1 fully saturated rings. The zero-order chi connectivity index (χ0) is 17.8. The van der Waals surface area contributed by atoms with Crippen molar-refractivity contribution in [2.75, 3.05) is 25.4 Å². The zero-order valence-corrected chi connectivity index (χ0v) is 15.9. The predicted octanol–water partition coefficient (Wildman–Crippen LogP) is 1.79. The molecule has 24 heavy (non-hydrogen) atoms. The Labute approximate surface area is 145 Å². The quantitative estimate of drug-likeness (QED) is 0.823. The van der Waals surface area contributed by atoms with E-state index in [1.54, 1.807) is 12.1 Å². The first-order valence-corrected chi connectivity index (χ1v) is 11.4. The molecule has 1 saturated heterocycles. The van der Waals surface area contributed by atoms with Gasteiger partial charge in [0.25, 0.3) is 0 Å². The average Bonchev–Trinajstić information content (AvgIpc) is 2.79. The van der Waals surface area contributed by atoms with Gasteiger partial charge in [0.05, 0.1) is 10.6 Å². The topological polar surface area (TPSA) is 83.5 Å². The van der Waals surface area contributed by atoms with Gasteiger partial charge in [-0.1, -0.05) is 18.9 Å². The maximum atomic E-state index is 12.4. The lowest BCUT2D eigenvalue weighted by molar-refractivity contribution is 0.423. The van der Waals surface area contributed by atoms with Crippen LogP contribution >= 0.6 is 0 Å². The highest BCUT2D eigenvalue weighted by atomic mass is 32.2. The van der Waals surface area contributed by atoms with Gasteiger partial charge in [0.1, 0.15) is 0 Å². The first-order chi connectivity index (χ1) is 11.2. The van der Waals surface area contributed by atoms with Crippen molar-refractivity contribution in [2.24, 2.45) is 0 Å². The van der Waals surface area contributed by atoms with Crippen LogP contribution in [-0.2, 0) is 20.0 Å². The van der Waals surface area contributed by atoms with Gasteiger partial charge in [-0.25, -0.2) is 25.9 Å². The maximum absolute atomic E-state index is 12.4. The summed E-state index contributed by atoms with van der Waals surface area (Å²) in [6.45, 7) is 4.71. The summed E-state index contributed by atoms with van der Waals surface area (Å²) in [4.78, 5) is 0.165. The van der Waals surface area contributed by atoms with Gasteiger partial charge in [-0.2, -0.15) is 0 Å². The fraction of sp³-hybridized carbons (Fsp3) is 0.625. The summed E-state index contributed by atoms with van der Waals surface area (Å²) < 4.78 is 53.2. The van der Waals surface area contributed by atoms with Crippen LogP contribution in [0.5, 0.6) is 0 Å². The largest absolute Gasteiger partial charge is 0.240 e. The number of aryl methyl sites for hydroxylation is 2. The van der Waals surface area contributed by atoms with Crippen LogP contribution in [-0.4, -0.2) is 46.5 Å². The van der Waals surface area contributed by atoms with E-state index in [0.29, 0.717) is 13.1 Å². The van der Waals surface area contributed by atoms with Gasteiger partial charge in [0.2, 0.25) is 20.0 Å². The fourth-order valence-electron chi connectivity index (χ4n) is 2.72. The Hall–Kier alpha value is -0.960. The summed E-state index contributed by atoms with van der Waals surface area (Å²) in [7, 11) is -7.11. The molecular formula is C16H26N2O4S2. The highest BCUT2D eigenvalue weighted by Gasteiger charge is 2.23. The van der Waals surface area contributed by atoms with Gasteiger partial charge in [-0.15, -0.1) is 0 Å². The molecule has 1 aromatic carbocycles. The number of nitrogens with zero attached hydrogens (tertiary/aromatic N) is 1. The summed E-state index contributed by atoms with van der Waals surface area (Å²) in [5.41, 5.74) is 1.90. The van der Waals surface area contributed by atoms with Crippen LogP contribution in [0.3, 0.4) is 0 Å². The second-order valence-electron chi connectivity index (χ2n) is 6.27. The van der Waals surface area contributed by atoms with Gasteiger partial charge in [0.15, 0.2) is 0 Å². The van der Waals surface area contributed by atoms with Crippen molar-refractivity contribution in [2.45, 2.75) is 44.4 Å². The van der Waals surface area contributed by atoms with Crippen LogP contribution in [0.25, 0.3) is 0 Å². The van der Waals surface area contributed by atoms with Crippen LogP contribution in [0.15, 0.2) is 23.1 Å². The third-order valence-corrected chi connectivity index (χ3v) is 7.73. The molecule has 1 aliphatic heterocycles. The molecule has 0 aromatic heterocycles. The Morgan fingerprint density at radius 2 is 1.58 bits per heavy atom. The molecule has 0 saturated carbocycles. The first-order valence-electron chi connectivity index (χ1n) is 8.27. The Balaban J connectivity index is 1.97. The van der Waals surface area contributed by atoms with E-state index in [-0.39, 0.29) is 17.2 Å². The lowest BCUT2D eigenvalue weighted by atomic mass is 10.1. The third kappa shape index (κ3) is 5.02. The fourth-order valence-corrected chi connectivity index (χ4v) is 5.40. The van der Waals surface area contributed by atoms with Crippen molar-refractivity contribution >= 4 is 20.0 Å². The van der Waals surface area contributed by atoms with Crippen LogP contribution in [0, 0.1) is 13.8 Å². The van der Waals surface area contributed by atoms with Gasteiger partial charge in [0, 0.05) is 19.6 Å². The number of nitrogens with one attached hydrogen (secondary N) is 1. The number of benzene rings is 1. The smallest absolute Gasteiger partial charge is 0.212 e. The van der Waals surface area contributed by atoms with Crippen LogP contribution in [0.2, 0.25) is 0 Å². The highest BCUT2D eigenvalue weighted by Crippen LogP contribution is 2.15. The standard InChI is InChI=1S/C16H26N2O4S2/c1-14-7-8-16(13-15(14)2)24(21,22)17-9-12-23(19,20)18-10-5-3-4-6-11-18/h7-8,13,17H,3-6,9-12H2,1-2H3. The molecule has 136 valence electrons. The molecular weight excluding hydrogens is 348 g/mol. The average molecular weight is 375 g/mol. The second-order valence-corrected chi connectivity index (χ2v) is 10.1. The normalized spacial score (nSPS) is 17.6. The summed E-state index contributed by atoms with van der Waals surface area (Å²) in [6.07, 6.45) is 3.83. The first kappa shape index (κ1) is 19.4. The van der Waals surface area contributed by atoms with Gasteiger partial charge in [-0.05, 0) is 49.9 Å². The maximum Gasteiger partial charge on any atom is 0.240 e. The molecule has 0 atom stereocenters. The van der Waals surface area contributed by atoms with Crippen molar-refractivity contribution in [1.29, 1.82) is 0 Å². The molecule has 1 aliphatic rings. The van der Waals surface area contributed by atoms with Gasteiger partial charge >= 0.3 is 0 Å².